The number of benzene rings is 1. The van der Waals surface area contributed by atoms with E-state index in [1.54, 1.807) is 0 Å². The maximum absolute atomic E-state index is 4.31. The molecule has 1 aliphatic heterocycles. The van der Waals surface area contributed by atoms with Gasteiger partial charge in [0.2, 0.25) is 0 Å². The standard InChI is InChI=1S/C21H37N5S/c1-22-21(23-11-4-5-16-27-3)24-17-19-7-9-20(10-8-19)18-26-13-6-12-25(2)14-15-26/h7-10H,4-6,11-18H2,1-3H3,(H2,22,23,24). The van der Waals surface area contributed by atoms with Gasteiger partial charge in [-0.15, -0.1) is 0 Å². The van der Waals surface area contributed by atoms with Gasteiger partial charge in [0.25, 0.3) is 0 Å². The number of hydrogen-bond donors (Lipinski definition) is 2. The van der Waals surface area contributed by atoms with E-state index in [4.69, 9.17) is 0 Å². The Kier molecular flexibility index (Phi) is 10.6. The van der Waals surface area contributed by atoms with Crippen LogP contribution in [0.1, 0.15) is 30.4 Å². The minimum Gasteiger partial charge on any atom is -0.356 e. The molecule has 0 aliphatic carbocycles. The second-order valence-corrected chi connectivity index (χ2v) is 8.29. The second-order valence-electron chi connectivity index (χ2n) is 7.30. The van der Waals surface area contributed by atoms with Crippen LogP contribution in [0.15, 0.2) is 29.3 Å². The molecule has 1 aromatic rings. The number of aliphatic imine (C=N–C) groups is 1. The van der Waals surface area contributed by atoms with Gasteiger partial charge >= 0.3 is 0 Å². The first kappa shape index (κ1) is 22.1. The number of hydrogen-bond acceptors (Lipinski definition) is 4. The van der Waals surface area contributed by atoms with Gasteiger partial charge in [-0.05, 0) is 62.5 Å². The Morgan fingerprint density at radius 1 is 1.04 bits per heavy atom. The van der Waals surface area contributed by atoms with Gasteiger partial charge in [-0.3, -0.25) is 9.89 Å². The maximum Gasteiger partial charge on any atom is 0.191 e. The molecule has 1 fully saturated rings. The molecule has 1 aromatic carbocycles. The van der Waals surface area contributed by atoms with Gasteiger partial charge in [0.1, 0.15) is 0 Å². The van der Waals surface area contributed by atoms with E-state index in [0.717, 1.165) is 25.6 Å². The van der Waals surface area contributed by atoms with Crippen molar-refractivity contribution in [3.05, 3.63) is 35.4 Å². The van der Waals surface area contributed by atoms with Crippen molar-refractivity contribution in [3.8, 4) is 0 Å². The van der Waals surface area contributed by atoms with Crippen LogP contribution in [0, 0.1) is 0 Å². The van der Waals surface area contributed by atoms with Crippen molar-refractivity contribution in [1.29, 1.82) is 0 Å². The summed E-state index contributed by atoms with van der Waals surface area (Å²) in [5.41, 5.74) is 2.69. The molecule has 0 spiro atoms. The topological polar surface area (TPSA) is 42.9 Å². The summed E-state index contributed by atoms with van der Waals surface area (Å²) in [5.74, 6) is 2.12. The highest BCUT2D eigenvalue weighted by Crippen LogP contribution is 2.10. The van der Waals surface area contributed by atoms with Crippen molar-refractivity contribution < 1.29 is 0 Å². The van der Waals surface area contributed by atoms with Gasteiger partial charge in [0.15, 0.2) is 5.96 Å². The zero-order valence-corrected chi connectivity index (χ0v) is 18.2. The van der Waals surface area contributed by atoms with Crippen LogP contribution in [0.4, 0.5) is 0 Å². The number of thioether (sulfide) groups is 1. The van der Waals surface area contributed by atoms with Crippen LogP contribution < -0.4 is 10.6 Å². The minimum absolute atomic E-state index is 0.805. The van der Waals surface area contributed by atoms with Crippen LogP contribution in [0.3, 0.4) is 0 Å². The van der Waals surface area contributed by atoms with Crippen LogP contribution in [-0.4, -0.2) is 74.6 Å². The SMILES string of the molecule is CN=C(NCCCCSC)NCc1ccc(CN2CCCN(C)CC2)cc1. The predicted molar refractivity (Wildman–Crippen MR) is 120 cm³/mol. The Labute approximate surface area is 170 Å². The Bertz CT molecular complexity index is 546. The fraction of sp³-hybridized carbons (Fsp3) is 0.667. The maximum atomic E-state index is 4.31. The van der Waals surface area contributed by atoms with Crippen LogP contribution in [0.5, 0.6) is 0 Å². The molecule has 0 atom stereocenters. The lowest BCUT2D eigenvalue weighted by atomic mass is 10.1. The lowest BCUT2D eigenvalue weighted by Gasteiger charge is -2.20. The molecule has 0 bridgehead atoms. The average molecular weight is 392 g/mol. The van der Waals surface area contributed by atoms with Crippen LogP contribution in [0.2, 0.25) is 0 Å². The summed E-state index contributed by atoms with van der Waals surface area (Å²) < 4.78 is 0. The molecule has 27 heavy (non-hydrogen) atoms. The summed E-state index contributed by atoms with van der Waals surface area (Å²) >= 11 is 1.91. The monoisotopic (exact) mass is 391 g/mol. The van der Waals surface area contributed by atoms with Crippen LogP contribution in [-0.2, 0) is 13.1 Å². The first-order chi connectivity index (χ1) is 13.2. The summed E-state index contributed by atoms with van der Waals surface area (Å²) in [6.45, 7) is 7.59. The number of likely N-dealkylation sites (N-methyl/N-ethyl adjacent to an activating group) is 1. The van der Waals surface area contributed by atoms with E-state index in [1.807, 2.05) is 18.8 Å². The molecule has 2 N–H and O–H groups in total. The molecule has 152 valence electrons. The van der Waals surface area contributed by atoms with Crippen molar-refractivity contribution in [3.63, 3.8) is 0 Å². The zero-order chi connectivity index (χ0) is 19.3. The minimum atomic E-state index is 0.805. The zero-order valence-electron chi connectivity index (χ0n) is 17.3. The van der Waals surface area contributed by atoms with Gasteiger partial charge in [0, 0.05) is 39.8 Å². The van der Waals surface area contributed by atoms with E-state index in [1.165, 1.54) is 62.3 Å². The highest BCUT2D eigenvalue weighted by atomic mass is 32.2. The quantitative estimate of drug-likeness (QED) is 0.385. The molecule has 5 nitrogen and oxygen atoms in total. The van der Waals surface area contributed by atoms with Crippen LogP contribution in [0.25, 0.3) is 0 Å². The number of nitrogens with one attached hydrogen (secondary N) is 2. The van der Waals surface area contributed by atoms with Crippen molar-refractivity contribution in [2.45, 2.75) is 32.4 Å². The predicted octanol–water partition coefficient (Wildman–Crippen LogP) is 2.63. The van der Waals surface area contributed by atoms with Gasteiger partial charge < -0.3 is 15.5 Å². The molecule has 0 saturated carbocycles. The van der Waals surface area contributed by atoms with Gasteiger partial charge in [-0.2, -0.15) is 11.8 Å². The van der Waals surface area contributed by atoms with Crippen molar-refractivity contribution >= 4 is 17.7 Å². The molecule has 6 heteroatoms. The van der Waals surface area contributed by atoms with Gasteiger partial charge in [0.05, 0.1) is 0 Å². The normalized spacial score (nSPS) is 16.9. The summed E-state index contributed by atoms with van der Waals surface area (Å²) in [6.07, 6.45) is 5.86. The molecule has 1 aliphatic rings. The van der Waals surface area contributed by atoms with E-state index in [2.05, 4.69) is 63.0 Å². The summed E-state index contributed by atoms with van der Waals surface area (Å²) in [7, 11) is 4.05. The van der Waals surface area contributed by atoms with E-state index >= 15 is 0 Å². The number of nitrogens with zero attached hydrogens (tertiary/aromatic N) is 3. The largest absolute Gasteiger partial charge is 0.356 e. The highest BCUT2D eigenvalue weighted by molar-refractivity contribution is 7.98. The molecule has 1 saturated heterocycles. The third-order valence-corrected chi connectivity index (χ3v) is 5.69. The summed E-state index contributed by atoms with van der Waals surface area (Å²) in [5, 5.41) is 6.80. The molecule has 0 unspecified atom stereocenters. The average Bonchev–Trinajstić information content (AvgIpc) is 2.89. The third-order valence-electron chi connectivity index (χ3n) is 4.99. The van der Waals surface area contributed by atoms with Crippen molar-refractivity contribution in [2.24, 2.45) is 4.99 Å². The summed E-state index contributed by atoms with van der Waals surface area (Å²) in [6, 6.07) is 9.00. The first-order valence-electron chi connectivity index (χ1n) is 10.1. The third kappa shape index (κ3) is 9.00. The lowest BCUT2D eigenvalue weighted by molar-refractivity contribution is 0.269. The lowest BCUT2D eigenvalue weighted by Crippen LogP contribution is -2.37. The number of rotatable bonds is 9. The summed E-state index contributed by atoms with van der Waals surface area (Å²) in [4.78, 5) is 9.31. The Balaban J connectivity index is 1.71. The smallest absolute Gasteiger partial charge is 0.191 e. The fourth-order valence-electron chi connectivity index (χ4n) is 3.26. The highest BCUT2D eigenvalue weighted by Gasteiger charge is 2.12. The Hall–Kier alpha value is -1.24. The molecule has 2 rings (SSSR count). The molecular weight excluding hydrogens is 354 g/mol. The fourth-order valence-corrected chi connectivity index (χ4v) is 3.76. The van der Waals surface area contributed by atoms with Crippen molar-refractivity contribution in [2.75, 3.05) is 58.8 Å². The molecule has 0 aromatic heterocycles. The van der Waals surface area contributed by atoms with E-state index in [-0.39, 0.29) is 0 Å². The van der Waals surface area contributed by atoms with Crippen LogP contribution >= 0.6 is 11.8 Å². The molecule has 1 heterocycles. The second kappa shape index (κ2) is 13.0. The van der Waals surface area contributed by atoms with E-state index in [0.29, 0.717) is 0 Å². The Morgan fingerprint density at radius 3 is 2.56 bits per heavy atom. The van der Waals surface area contributed by atoms with E-state index in [9.17, 15) is 0 Å². The van der Waals surface area contributed by atoms with Crippen molar-refractivity contribution in [1.82, 2.24) is 20.4 Å². The molecular formula is C21H37N5S. The molecule has 0 radical (unpaired) electrons. The van der Waals surface area contributed by atoms with Gasteiger partial charge in [-0.25, -0.2) is 0 Å². The number of unbranched alkanes of at least 4 members (excludes halogenated alkanes) is 1. The number of guanidine groups is 1. The first-order valence-corrected chi connectivity index (χ1v) is 11.5. The van der Waals surface area contributed by atoms with Gasteiger partial charge in [-0.1, -0.05) is 24.3 Å². The Morgan fingerprint density at radius 2 is 1.81 bits per heavy atom. The van der Waals surface area contributed by atoms with E-state index < -0.39 is 0 Å². The molecule has 0 amide bonds.